The minimum atomic E-state index is -0.516. The molecule has 2 atom stereocenters. The second-order valence-electron chi connectivity index (χ2n) is 9.70. The zero-order valence-electron chi connectivity index (χ0n) is 21.7. The fourth-order valence-electron chi connectivity index (χ4n) is 5.06. The lowest BCUT2D eigenvalue weighted by Crippen LogP contribution is -2.30. The molecule has 1 aromatic carbocycles. The first-order valence-electron chi connectivity index (χ1n) is 12.7. The summed E-state index contributed by atoms with van der Waals surface area (Å²) in [6, 6.07) is 4.10. The maximum atomic E-state index is 12.4. The van der Waals surface area contributed by atoms with Crippen molar-refractivity contribution in [3.8, 4) is 17.7 Å². The van der Waals surface area contributed by atoms with Crippen molar-refractivity contribution in [1.82, 2.24) is 20.6 Å². The van der Waals surface area contributed by atoms with Crippen LogP contribution in [0, 0.1) is 24.2 Å². The van der Waals surface area contributed by atoms with Crippen molar-refractivity contribution in [2.24, 2.45) is 5.92 Å². The van der Waals surface area contributed by atoms with E-state index in [1.165, 1.54) is 23.7 Å². The SMILES string of the molecule is CNC(=O)COc1cc(C)c2c(c1C#N)CC(CNCCC1CN(c3cnc4c(n3)NC(=O)CO4)C(=O)O1)C2. The van der Waals surface area contributed by atoms with Crippen molar-refractivity contribution in [2.75, 3.05) is 50.1 Å². The average molecular weight is 536 g/mol. The molecule has 2 aliphatic heterocycles. The van der Waals surface area contributed by atoms with E-state index >= 15 is 0 Å². The van der Waals surface area contributed by atoms with E-state index in [4.69, 9.17) is 14.2 Å². The van der Waals surface area contributed by atoms with Crippen molar-refractivity contribution in [1.29, 1.82) is 5.26 Å². The number of hydrogen-bond acceptors (Lipinski definition) is 10. The Morgan fingerprint density at radius 2 is 2.15 bits per heavy atom. The number of carbonyl (C=O) groups excluding carboxylic acids is 3. The Hall–Kier alpha value is -4.44. The summed E-state index contributed by atoms with van der Waals surface area (Å²) in [5.41, 5.74) is 3.70. The van der Waals surface area contributed by atoms with E-state index in [1.54, 1.807) is 0 Å². The molecule has 2 aromatic rings. The second-order valence-corrected chi connectivity index (χ2v) is 9.70. The summed E-state index contributed by atoms with van der Waals surface area (Å²) < 4.78 is 16.3. The standard InChI is InChI=1S/C26H29N7O6/c1-14-5-20(37-12-22(34)28-2)19(8-27)18-7-15(6-17(14)18)9-29-4-3-16-11-33(26(36)39-16)21-10-30-25-24(31-21)32-23(35)13-38-25/h5,10,15-16,29H,3-4,6-7,9,11-13H2,1-2H3,(H,28,34)(H,31,32,35). The van der Waals surface area contributed by atoms with Crippen LogP contribution in [0.3, 0.4) is 0 Å². The fraction of sp³-hybridized carbons (Fsp3) is 0.462. The van der Waals surface area contributed by atoms with Crippen LogP contribution in [0.5, 0.6) is 11.6 Å². The Kier molecular flexibility index (Phi) is 7.47. The molecule has 5 rings (SSSR count). The van der Waals surface area contributed by atoms with Gasteiger partial charge in [0.1, 0.15) is 17.9 Å². The minimum absolute atomic E-state index is 0.123. The Balaban J connectivity index is 1.12. The number of anilines is 2. The molecule has 0 radical (unpaired) electrons. The Morgan fingerprint density at radius 3 is 2.95 bits per heavy atom. The largest absolute Gasteiger partial charge is 0.482 e. The summed E-state index contributed by atoms with van der Waals surface area (Å²) in [6.07, 6.45) is 2.79. The van der Waals surface area contributed by atoms with Gasteiger partial charge in [0.2, 0.25) is 0 Å². The van der Waals surface area contributed by atoms with E-state index in [0.717, 1.165) is 30.5 Å². The first-order valence-corrected chi connectivity index (χ1v) is 12.7. The van der Waals surface area contributed by atoms with E-state index in [9.17, 15) is 19.6 Å². The molecule has 3 heterocycles. The topological polar surface area (TPSA) is 168 Å². The summed E-state index contributed by atoms with van der Waals surface area (Å²) >= 11 is 0. The van der Waals surface area contributed by atoms with Crippen LogP contribution in [-0.4, -0.2) is 73.9 Å². The summed E-state index contributed by atoms with van der Waals surface area (Å²) in [4.78, 5) is 45.4. The molecular formula is C26H29N7O6. The molecule has 3 aliphatic rings. The molecule has 3 N–H and O–H groups in total. The zero-order valence-corrected chi connectivity index (χ0v) is 21.7. The Labute approximate surface area is 224 Å². The molecule has 1 aromatic heterocycles. The molecule has 0 saturated carbocycles. The smallest absolute Gasteiger partial charge is 0.415 e. The van der Waals surface area contributed by atoms with Gasteiger partial charge in [-0.3, -0.25) is 14.5 Å². The second kappa shape index (κ2) is 11.1. The van der Waals surface area contributed by atoms with E-state index in [-0.39, 0.29) is 48.6 Å². The third kappa shape index (κ3) is 5.56. The number of carbonyl (C=O) groups is 3. The number of rotatable bonds is 9. The van der Waals surface area contributed by atoms with Gasteiger partial charge in [-0.1, -0.05) is 0 Å². The maximum Gasteiger partial charge on any atom is 0.415 e. The van der Waals surface area contributed by atoms with Crippen LogP contribution in [0.25, 0.3) is 0 Å². The molecule has 2 unspecified atom stereocenters. The molecule has 1 saturated heterocycles. The van der Waals surface area contributed by atoms with Gasteiger partial charge in [-0.2, -0.15) is 5.26 Å². The van der Waals surface area contributed by atoms with Crippen LogP contribution in [0.4, 0.5) is 16.4 Å². The molecule has 204 valence electrons. The lowest BCUT2D eigenvalue weighted by atomic mass is 9.98. The van der Waals surface area contributed by atoms with Crippen LogP contribution >= 0.6 is 0 Å². The molecule has 13 nitrogen and oxygen atoms in total. The quantitative estimate of drug-likeness (QED) is 0.391. The zero-order chi connectivity index (χ0) is 27.5. The van der Waals surface area contributed by atoms with Gasteiger partial charge in [0, 0.05) is 7.05 Å². The number of aryl methyl sites for hydroxylation is 1. The minimum Gasteiger partial charge on any atom is -0.482 e. The number of hydrogen-bond donors (Lipinski definition) is 3. The molecule has 0 bridgehead atoms. The number of fused-ring (bicyclic) bond motifs is 2. The highest BCUT2D eigenvalue weighted by molar-refractivity contribution is 5.94. The van der Waals surface area contributed by atoms with Gasteiger partial charge in [0.15, 0.2) is 24.8 Å². The molecular weight excluding hydrogens is 506 g/mol. The summed E-state index contributed by atoms with van der Waals surface area (Å²) in [5.74, 6) is 0.841. The Bertz CT molecular complexity index is 1360. The lowest BCUT2D eigenvalue weighted by molar-refractivity contribution is -0.122. The van der Waals surface area contributed by atoms with Crippen LogP contribution in [-0.2, 0) is 27.2 Å². The van der Waals surface area contributed by atoms with E-state index in [2.05, 4.69) is 32.0 Å². The highest BCUT2D eigenvalue weighted by Gasteiger charge is 2.34. The van der Waals surface area contributed by atoms with Crippen LogP contribution in [0.2, 0.25) is 0 Å². The molecule has 13 heteroatoms. The maximum absolute atomic E-state index is 12.4. The first-order chi connectivity index (χ1) is 18.9. The van der Waals surface area contributed by atoms with Crippen molar-refractivity contribution < 1.29 is 28.6 Å². The van der Waals surface area contributed by atoms with Crippen molar-refractivity contribution >= 4 is 29.5 Å². The normalized spacial score (nSPS) is 19.4. The Morgan fingerprint density at radius 1 is 1.33 bits per heavy atom. The van der Waals surface area contributed by atoms with Crippen LogP contribution in [0.15, 0.2) is 12.3 Å². The van der Waals surface area contributed by atoms with Gasteiger partial charge in [-0.05, 0) is 68.0 Å². The van der Waals surface area contributed by atoms with Crippen molar-refractivity contribution in [3.63, 3.8) is 0 Å². The summed E-state index contributed by atoms with van der Waals surface area (Å²) in [7, 11) is 1.54. The van der Waals surface area contributed by atoms with Crippen molar-refractivity contribution in [3.05, 3.63) is 34.5 Å². The van der Waals surface area contributed by atoms with Gasteiger partial charge < -0.3 is 30.2 Å². The number of amides is 3. The highest BCUT2D eigenvalue weighted by Crippen LogP contribution is 2.37. The lowest BCUT2D eigenvalue weighted by Gasteiger charge is -2.18. The molecule has 3 amide bonds. The average Bonchev–Trinajstić information content (AvgIpc) is 3.53. The molecule has 0 spiro atoms. The van der Waals surface area contributed by atoms with E-state index < -0.39 is 6.09 Å². The van der Waals surface area contributed by atoms with Crippen molar-refractivity contribution in [2.45, 2.75) is 32.3 Å². The number of nitriles is 1. The van der Waals surface area contributed by atoms with Crippen LogP contribution in [0.1, 0.15) is 28.7 Å². The molecule has 39 heavy (non-hydrogen) atoms. The third-order valence-corrected chi connectivity index (χ3v) is 7.02. The molecule has 1 fully saturated rings. The first kappa shape index (κ1) is 26.2. The summed E-state index contributed by atoms with van der Waals surface area (Å²) in [5, 5.41) is 18.3. The number of benzene rings is 1. The summed E-state index contributed by atoms with van der Waals surface area (Å²) in [6.45, 7) is 3.44. The van der Waals surface area contributed by atoms with Gasteiger partial charge >= 0.3 is 6.09 Å². The van der Waals surface area contributed by atoms with Gasteiger partial charge in [0.05, 0.1) is 18.3 Å². The number of cyclic esters (lactones) is 1. The van der Waals surface area contributed by atoms with E-state index in [0.29, 0.717) is 36.7 Å². The van der Waals surface area contributed by atoms with Crippen LogP contribution < -0.4 is 30.3 Å². The number of nitrogens with zero attached hydrogens (tertiary/aromatic N) is 4. The number of likely N-dealkylation sites (N-methyl/N-ethyl adjacent to an activating group) is 1. The third-order valence-electron chi connectivity index (χ3n) is 7.02. The predicted molar refractivity (Wildman–Crippen MR) is 138 cm³/mol. The number of ether oxygens (including phenoxy) is 3. The van der Waals surface area contributed by atoms with Gasteiger partial charge in [-0.15, -0.1) is 0 Å². The van der Waals surface area contributed by atoms with Gasteiger partial charge in [0.25, 0.3) is 17.7 Å². The fourth-order valence-corrected chi connectivity index (χ4v) is 5.06. The number of aromatic nitrogens is 2. The van der Waals surface area contributed by atoms with E-state index in [1.807, 2.05) is 13.0 Å². The van der Waals surface area contributed by atoms with Gasteiger partial charge in [-0.25, -0.2) is 14.8 Å². The number of nitrogens with one attached hydrogen (secondary N) is 3. The predicted octanol–water partition coefficient (Wildman–Crippen LogP) is 0.832. The highest BCUT2D eigenvalue weighted by atomic mass is 16.6. The monoisotopic (exact) mass is 535 g/mol. The molecule has 1 aliphatic carbocycles.